The Morgan fingerprint density at radius 1 is 1.24 bits per heavy atom. The first-order valence-corrected chi connectivity index (χ1v) is 12.0. The van der Waals surface area contributed by atoms with Crippen molar-refractivity contribution in [3.8, 4) is 11.6 Å². The third-order valence-electron chi connectivity index (χ3n) is 7.25. The largest absolute Gasteiger partial charge is 0.461 e. The fourth-order valence-corrected chi connectivity index (χ4v) is 7.35. The second kappa shape index (κ2) is 7.82. The van der Waals surface area contributed by atoms with Crippen molar-refractivity contribution in [3.63, 3.8) is 0 Å². The maximum absolute atomic E-state index is 12.4. The lowest BCUT2D eigenvalue weighted by Crippen LogP contribution is -2.47. The lowest BCUT2D eigenvalue weighted by Gasteiger charge is -2.57. The molecule has 0 spiro atoms. The molecule has 156 valence electrons. The molecule has 0 saturated heterocycles. The molecule has 4 aliphatic rings. The number of nitrogens with one attached hydrogen (secondary N) is 1. The summed E-state index contributed by atoms with van der Waals surface area (Å²) in [6.45, 7) is 3.59. The Kier molecular flexibility index (Phi) is 5.18. The number of nitrogens with zero attached hydrogens (tertiary/aromatic N) is 3. The smallest absolute Gasteiger partial charge is 0.230 e. The van der Waals surface area contributed by atoms with Crippen molar-refractivity contribution in [2.45, 2.75) is 63.6 Å². The highest BCUT2D eigenvalue weighted by atomic mass is 32.2. The summed E-state index contributed by atoms with van der Waals surface area (Å²) < 4.78 is 7.44. The van der Waals surface area contributed by atoms with Gasteiger partial charge in [-0.15, -0.1) is 10.2 Å². The standard InChI is InChI=1S/C22H30N4O2S/c1-2-26-20(18-4-3-7-28-18)24-25-21(26)29-14-19(27)23-6-5-22-11-15-8-16(12-22)10-17(9-15)13-22/h3-4,7,15-17H,2,5-6,8-14H2,1H3,(H,23,27). The molecule has 2 aromatic rings. The van der Waals surface area contributed by atoms with Crippen LogP contribution in [0, 0.1) is 23.2 Å². The molecule has 4 aliphatic carbocycles. The van der Waals surface area contributed by atoms with Crippen molar-refractivity contribution >= 4 is 17.7 Å². The summed E-state index contributed by atoms with van der Waals surface area (Å²) in [5, 5.41) is 12.4. The van der Waals surface area contributed by atoms with Gasteiger partial charge in [0.2, 0.25) is 5.91 Å². The van der Waals surface area contributed by atoms with Gasteiger partial charge < -0.3 is 9.73 Å². The first kappa shape index (κ1) is 19.2. The quantitative estimate of drug-likeness (QED) is 0.649. The summed E-state index contributed by atoms with van der Waals surface area (Å²) in [4.78, 5) is 12.4. The summed E-state index contributed by atoms with van der Waals surface area (Å²) >= 11 is 1.44. The molecule has 0 aliphatic heterocycles. The van der Waals surface area contributed by atoms with Crippen LogP contribution in [0.25, 0.3) is 11.6 Å². The van der Waals surface area contributed by atoms with Crippen LogP contribution in [-0.2, 0) is 11.3 Å². The van der Waals surface area contributed by atoms with Crippen LogP contribution in [0.3, 0.4) is 0 Å². The van der Waals surface area contributed by atoms with E-state index in [0.717, 1.165) is 42.4 Å². The van der Waals surface area contributed by atoms with Crippen LogP contribution in [0.2, 0.25) is 0 Å². The van der Waals surface area contributed by atoms with Crippen LogP contribution in [-0.4, -0.2) is 33.0 Å². The van der Waals surface area contributed by atoms with Gasteiger partial charge in [-0.3, -0.25) is 9.36 Å². The Morgan fingerprint density at radius 2 is 1.97 bits per heavy atom. The second-order valence-electron chi connectivity index (χ2n) is 9.33. The van der Waals surface area contributed by atoms with E-state index in [1.807, 2.05) is 23.6 Å². The number of carbonyl (C=O) groups excluding carboxylic acids is 1. The van der Waals surface area contributed by atoms with Crippen LogP contribution < -0.4 is 5.32 Å². The van der Waals surface area contributed by atoms with Crippen molar-refractivity contribution in [3.05, 3.63) is 18.4 Å². The van der Waals surface area contributed by atoms with E-state index < -0.39 is 0 Å². The fourth-order valence-electron chi connectivity index (χ4n) is 6.51. The summed E-state index contributed by atoms with van der Waals surface area (Å²) in [7, 11) is 0. The van der Waals surface area contributed by atoms with E-state index in [1.165, 1.54) is 50.3 Å². The molecule has 4 bridgehead atoms. The highest BCUT2D eigenvalue weighted by Crippen LogP contribution is 2.61. The van der Waals surface area contributed by atoms with E-state index in [2.05, 4.69) is 15.5 Å². The number of carbonyl (C=O) groups is 1. The van der Waals surface area contributed by atoms with Gasteiger partial charge in [0.15, 0.2) is 16.7 Å². The predicted molar refractivity (Wildman–Crippen MR) is 112 cm³/mol. The van der Waals surface area contributed by atoms with Crippen LogP contribution in [0.15, 0.2) is 28.0 Å². The Hall–Kier alpha value is -1.76. The van der Waals surface area contributed by atoms with Gasteiger partial charge in [0, 0.05) is 13.1 Å². The lowest BCUT2D eigenvalue weighted by molar-refractivity contribution is -0.119. The molecule has 6 nitrogen and oxygen atoms in total. The number of thioether (sulfide) groups is 1. The van der Waals surface area contributed by atoms with Gasteiger partial charge >= 0.3 is 0 Å². The van der Waals surface area contributed by atoms with E-state index in [-0.39, 0.29) is 5.91 Å². The number of furan rings is 1. The maximum atomic E-state index is 12.4. The van der Waals surface area contributed by atoms with Crippen LogP contribution in [0.4, 0.5) is 0 Å². The molecule has 2 aromatic heterocycles. The van der Waals surface area contributed by atoms with Crippen molar-refractivity contribution < 1.29 is 9.21 Å². The van der Waals surface area contributed by atoms with Crippen molar-refractivity contribution in [2.75, 3.05) is 12.3 Å². The highest BCUT2D eigenvalue weighted by Gasteiger charge is 2.50. The molecule has 6 rings (SSSR count). The van der Waals surface area contributed by atoms with E-state index in [0.29, 0.717) is 22.8 Å². The van der Waals surface area contributed by atoms with E-state index >= 15 is 0 Å². The topological polar surface area (TPSA) is 73.0 Å². The first-order chi connectivity index (χ1) is 14.1. The molecule has 1 N–H and O–H groups in total. The van der Waals surface area contributed by atoms with Crippen molar-refractivity contribution in [2.24, 2.45) is 23.2 Å². The molecule has 29 heavy (non-hydrogen) atoms. The zero-order valence-electron chi connectivity index (χ0n) is 17.1. The highest BCUT2D eigenvalue weighted by molar-refractivity contribution is 7.99. The molecule has 0 unspecified atom stereocenters. The minimum atomic E-state index is 0.0879. The van der Waals surface area contributed by atoms with Gasteiger partial charge in [-0.1, -0.05) is 11.8 Å². The number of hydrogen-bond donors (Lipinski definition) is 1. The SMILES string of the molecule is CCn1c(SCC(=O)NCCC23CC4CC(CC(C4)C2)C3)nnc1-c1ccco1. The van der Waals surface area contributed by atoms with Crippen LogP contribution in [0.5, 0.6) is 0 Å². The average molecular weight is 415 g/mol. The van der Waals surface area contributed by atoms with Crippen molar-refractivity contribution in [1.29, 1.82) is 0 Å². The summed E-state index contributed by atoms with van der Waals surface area (Å²) in [6.07, 6.45) is 11.4. The molecule has 4 fully saturated rings. The lowest BCUT2D eigenvalue weighted by atomic mass is 9.49. The van der Waals surface area contributed by atoms with Gasteiger partial charge in [-0.25, -0.2) is 0 Å². The number of amides is 1. The molecule has 0 atom stereocenters. The monoisotopic (exact) mass is 414 g/mol. The summed E-state index contributed by atoms with van der Waals surface area (Å²) in [6, 6.07) is 3.72. The maximum Gasteiger partial charge on any atom is 0.230 e. The molecule has 2 heterocycles. The fraction of sp³-hybridized carbons (Fsp3) is 0.682. The average Bonchev–Trinajstić information content (AvgIpc) is 3.34. The van der Waals surface area contributed by atoms with E-state index in [9.17, 15) is 4.79 Å². The summed E-state index contributed by atoms with van der Waals surface area (Å²) in [5.74, 6) is 4.78. The molecular weight excluding hydrogens is 384 g/mol. The van der Waals surface area contributed by atoms with Gasteiger partial charge in [0.1, 0.15) is 0 Å². The summed E-state index contributed by atoms with van der Waals surface area (Å²) in [5.41, 5.74) is 0.523. The zero-order chi connectivity index (χ0) is 19.8. The normalized spacial score (nSPS) is 30.0. The molecule has 4 saturated carbocycles. The van der Waals surface area contributed by atoms with Crippen molar-refractivity contribution in [1.82, 2.24) is 20.1 Å². The molecule has 1 amide bonds. The molecule has 0 radical (unpaired) electrons. The van der Waals surface area contributed by atoms with Gasteiger partial charge in [0.25, 0.3) is 0 Å². The van der Waals surface area contributed by atoms with Crippen LogP contribution >= 0.6 is 11.8 Å². The van der Waals surface area contributed by atoms with E-state index in [4.69, 9.17) is 4.42 Å². The number of rotatable bonds is 8. The van der Waals surface area contributed by atoms with Gasteiger partial charge in [-0.05, 0) is 87.2 Å². The van der Waals surface area contributed by atoms with Crippen LogP contribution in [0.1, 0.15) is 51.9 Å². The third-order valence-corrected chi connectivity index (χ3v) is 8.22. The Balaban J connectivity index is 1.12. The van der Waals surface area contributed by atoms with E-state index in [1.54, 1.807) is 6.26 Å². The Morgan fingerprint density at radius 3 is 2.59 bits per heavy atom. The van der Waals surface area contributed by atoms with Gasteiger partial charge in [-0.2, -0.15) is 0 Å². The minimum Gasteiger partial charge on any atom is -0.461 e. The molecular formula is C22H30N4O2S. The third kappa shape index (κ3) is 3.86. The zero-order valence-corrected chi connectivity index (χ0v) is 17.9. The predicted octanol–water partition coefficient (Wildman–Crippen LogP) is 4.37. The second-order valence-corrected chi connectivity index (χ2v) is 10.3. The minimum absolute atomic E-state index is 0.0879. The molecule has 0 aromatic carbocycles. The Labute approximate surface area is 176 Å². The first-order valence-electron chi connectivity index (χ1n) is 11.0. The number of aromatic nitrogens is 3. The number of hydrogen-bond acceptors (Lipinski definition) is 5. The Bertz CT molecular complexity index is 825. The molecule has 7 heteroatoms. The van der Waals surface area contributed by atoms with Gasteiger partial charge in [0.05, 0.1) is 12.0 Å².